The Kier molecular flexibility index (Phi) is 8.21. The molecule has 0 aliphatic carbocycles. The highest BCUT2D eigenvalue weighted by atomic mass is 32.1. The van der Waals surface area contributed by atoms with E-state index in [-0.39, 0.29) is 12.4 Å². The molecule has 3 amide bonds. The van der Waals surface area contributed by atoms with Crippen LogP contribution in [0.5, 0.6) is 0 Å². The van der Waals surface area contributed by atoms with Gasteiger partial charge >= 0.3 is 18.3 Å². The quantitative estimate of drug-likeness (QED) is 0.371. The number of ether oxygens (including phenoxy) is 2. The molecule has 11 nitrogen and oxygen atoms in total. The van der Waals surface area contributed by atoms with Crippen molar-refractivity contribution in [2.24, 2.45) is 0 Å². The zero-order valence-corrected chi connectivity index (χ0v) is 24.5. The van der Waals surface area contributed by atoms with E-state index in [4.69, 9.17) is 9.47 Å². The average molecular weight is 558 g/mol. The summed E-state index contributed by atoms with van der Waals surface area (Å²) in [6.07, 6.45) is 0.0245. The van der Waals surface area contributed by atoms with E-state index >= 15 is 0 Å². The van der Waals surface area contributed by atoms with Gasteiger partial charge in [0.1, 0.15) is 22.5 Å². The van der Waals surface area contributed by atoms with E-state index in [1.807, 2.05) is 26.8 Å². The molecular weight excluding hydrogens is 522 g/mol. The lowest BCUT2D eigenvalue weighted by atomic mass is 10.1. The van der Waals surface area contributed by atoms with Crippen molar-refractivity contribution >= 4 is 46.3 Å². The number of rotatable bonds is 4. The number of carbonyl (C=O) groups excluding carboxylic acids is 2. The van der Waals surface area contributed by atoms with Crippen LogP contribution in [0.15, 0.2) is 30.7 Å². The van der Waals surface area contributed by atoms with E-state index in [0.717, 1.165) is 15.3 Å². The van der Waals surface area contributed by atoms with Gasteiger partial charge in [0.2, 0.25) is 0 Å². The van der Waals surface area contributed by atoms with Gasteiger partial charge in [0, 0.05) is 17.1 Å². The number of nitrogens with zero attached hydrogens (tertiary/aromatic N) is 5. The Morgan fingerprint density at radius 3 is 2.00 bits per heavy atom. The highest BCUT2D eigenvalue weighted by Gasteiger charge is 2.35. The van der Waals surface area contributed by atoms with Crippen molar-refractivity contribution in [1.82, 2.24) is 19.9 Å². The van der Waals surface area contributed by atoms with Crippen LogP contribution >= 0.6 is 11.3 Å². The average Bonchev–Trinajstić information content (AvgIpc) is 3.23. The Balaban J connectivity index is 2.07. The number of thiazole rings is 1. The van der Waals surface area contributed by atoms with Gasteiger partial charge in [0.15, 0.2) is 5.82 Å². The summed E-state index contributed by atoms with van der Waals surface area (Å²) in [7, 11) is 0. The standard InChI is InChI=1S/C27H35N5O6S/c1-25(2,3)31(22(33)34)14-20-28-13-19(39-20)16-10-11-18-17(12-16)21(30-15-29-18)32(23(35)37-26(4,5)6)24(36)38-27(7,8)9/h10-13,15H,14H2,1-9H3,(H,33,34). The van der Waals surface area contributed by atoms with Crippen molar-refractivity contribution in [2.75, 3.05) is 4.90 Å². The van der Waals surface area contributed by atoms with Crippen molar-refractivity contribution in [1.29, 1.82) is 0 Å². The molecule has 0 aliphatic heterocycles. The largest absolute Gasteiger partial charge is 0.465 e. The second kappa shape index (κ2) is 10.8. The summed E-state index contributed by atoms with van der Waals surface area (Å²) in [5.74, 6) is 0.0138. The second-order valence-corrected chi connectivity index (χ2v) is 13.0. The first-order valence-corrected chi connectivity index (χ1v) is 13.1. The van der Waals surface area contributed by atoms with Gasteiger partial charge in [-0.15, -0.1) is 11.3 Å². The molecule has 0 atom stereocenters. The molecule has 0 saturated heterocycles. The van der Waals surface area contributed by atoms with Gasteiger partial charge in [-0.3, -0.25) is 4.90 Å². The third-order valence-electron chi connectivity index (χ3n) is 5.15. The summed E-state index contributed by atoms with van der Waals surface area (Å²) >= 11 is 1.35. The van der Waals surface area contributed by atoms with Gasteiger partial charge in [-0.2, -0.15) is 4.90 Å². The molecular formula is C27H35N5O6S. The Morgan fingerprint density at radius 2 is 1.49 bits per heavy atom. The second-order valence-electron chi connectivity index (χ2n) is 11.9. The smallest absolute Gasteiger partial charge is 0.425 e. The number of amides is 3. The number of hydrogen-bond acceptors (Lipinski definition) is 9. The number of anilines is 1. The fraction of sp³-hybridized carbons (Fsp3) is 0.481. The molecule has 0 saturated carbocycles. The number of hydrogen-bond donors (Lipinski definition) is 1. The lowest BCUT2D eigenvalue weighted by Crippen LogP contribution is -2.44. The predicted molar refractivity (Wildman–Crippen MR) is 149 cm³/mol. The number of imide groups is 1. The van der Waals surface area contributed by atoms with Gasteiger partial charge < -0.3 is 14.6 Å². The van der Waals surface area contributed by atoms with E-state index in [1.54, 1.807) is 59.9 Å². The molecule has 0 radical (unpaired) electrons. The van der Waals surface area contributed by atoms with E-state index in [2.05, 4.69) is 15.0 Å². The van der Waals surface area contributed by atoms with Gasteiger partial charge in [0.05, 0.1) is 16.9 Å². The lowest BCUT2D eigenvalue weighted by Gasteiger charge is -2.32. The number of carbonyl (C=O) groups is 3. The van der Waals surface area contributed by atoms with Gasteiger partial charge in [0.25, 0.3) is 0 Å². The van der Waals surface area contributed by atoms with E-state index < -0.39 is 35.0 Å². The molecule has 1 aromatic carbocycles. The molecule has 2 heterocycles. The fourth-order valence-corrected chi connectivity index (χ4v) is 4.38. The molecule has 210 valence electrons. The minimum absolute atomic E-state index is 0.0138. The van der Waals surface area contributed by atoms with Crippen molar-refractivity contribution in [3.8, 4) is 10.4 Å². The zero-order valence-electron chi connectivity index (χ0n) is 23.7. The van der Waals surface area contributed by atoms with Gasteiger partial charge in [-0.25, -0.2) is 29.3 Å². The topological polar surface area (TPSA) is 135 Å². The Bertz CT molecular complexity index is 1360. The third-order valence-corrected chi connectivity index (χ3v) is 6.18. The van der Waals surface area contributed by atoms with Crippen LogP contribution in [-0.2, 0) is 16.0 Å². The summed E-state index contributed by atoms with van der Waals surface area (Å²) < 4.78 is 11.0. The highest BCUT2D eigenvalue weighted by Crippen LogP contribution is 2.33. The first-order valence-electron chi connectivity index (χ1n) is 12.3. The molecule has 0 spiro atoms. The zero-order chi connectivity index (χ0) is 29.3. The number of carboxylic acid groups (broad SMARTS) is 1. The lowest BCUT2D eigenvalue weighted by molar-refractivity contribution is 0.0429. The van der Waals surface area contributed by atoms with E-state index in [9.17, 15) is 19.5 Å². The summed E-state index contributed by atoms with van der Waals surface area (Å²) in [6.45, 7) is 15.8. The van der Waals surface area contributed by atoms with Crippen LogP contribution in [0, 0.1) is 0 Å². The monoisotopic (exact) mass is 557 g/mol. The molecule has 2 aromatic heterocycles. The summed E-state index contributed by atoms with van der Waals surface area (Å²) in [4.78, 5) is 54.0. The molecule has 39 heavy (non-hydrogen) atoms. The third kappa shape index (κ3) is 7.62. The number of aromatic nitrogens is 3. The fourth-order valence-electron chi connectivity index (χ4n) is 3.48. The van der Waals surface area contributed by atoms with Crippen molar-refractivity contribution in [2.45, 2.75) is 85.6 Å². The van der Waals surface area contributed by atoms with Crippen LogP contribution in [0.4, 0.5) is 20.2 Å². The molecule has 0 unspecified atom stereocenters. The summed E-state index contributed by atoms with van der Waals surface area (Å²) in [6, 6.07) is 5.33. The normalized spacial score (nSPS) is 12.2. The van der Waals surface area contributed by atoms with Crippen LogP contribution in [0.1, 0.15) is 67.3 Å². The molecule has 0 bridgehead atoms. The van der Waals surface area contributed by atoms with Crippen LogP contribution in [-0.4, -0.2) is 60.0 Å². The maximum absolute atomic E-state index is 13.2. The molecule has 0 fully saturated rings. The van der Waals surface area contributed by atoms with Crippen molar-refractivity contribution in [3.05, 3.63) is 35.7 Å². The highest BCUT2D eigenvalue weighted by molar-refractivity contribution is 7.15. The molecule has 3 aromatic rings. The first-order chi connectivity index (χ1) is 17.9. The van der Waals surface area contributed by atoms with Crippen molar-refractivity contribution in [3.63, 3.8) is 0 Å². The minimum atomic E-state index is -1.03. The van der Waals surface area contributed by atoms with Gasteiger partial charge in [-0.1, -0.05) is 6.07 Å². The number of benzene rings is 1. The molecule has 3 rings (SSSR count). The van der Waals surface area contributed by atoms with E-state index in [0.29, 0.717) is 15.9 Å². The molecule has 0 aliphatic rings. The van der Waals surface area contributed by atoms with Crippen LogP contribution in [0.25, 0.3) is 21.3 Å². The summed E-state index contributed by atoms with van der Waals surface area (Å²) in [5.41, 5.74) is -1.12. The number of fused-ring (bicyclic) bond motifs is 1. The van der Waals surface area contributed by atoms with Crippen LogP contribution in [0.2, 0.25) is 0 Å². The van der Waals surface area contributed by atoms with Crippen LogP contribution in [0.3, 0.4) is 0 Å². The van der Waals surface area contributed by atoms with Crippen molar-refractivity contribution < 1.29 is 29.0 Å². The SMILES string of the molecule is CC(C)(C)OC(=O)N(C(=O)OC(C)(C)C)c1ncnc2ccc(-c3cnc(CN(C(=O)O)C(C)(C)C)s3)cc12. The maximum atomic E-state index is 13.2. The van der Waals surface area contributed by atoms with Gasteiger partial charge in [-0.05, 0) is 80.0 Å². The van der Waals surface area contributed by atoms with Crippen LogP contribution < -0.4 is 4.90 Å². The molecule has 1 N–H and O–H groups in total. The minimum Gasteiger partial charge on any atom is -0.465 e. The maximum Gasteiger partial charge on any atom is 0.425 e. The molecule has 12 heteroatoms. The summed E-state index contributed by atoms with van der Waals surface area (Å²) in [5, 5.41) is 10.7. The first kappa shape index (κ1) is 29.8. The Hall–Kier alpha value is -3.80. The Morgan fingerprint density at radius 1 is 0.897 bits per heavy atom. The predicted octanol–water partition coefficient (Wildman–Crippen LogP) is 6.71. The Labute approximate surface area is 231 Å². The van der Waals surface area contributed by atoms with E-state index in [1.165, 1.54) is 22.6 Å².